The summed E-state index contributed by atoms with van der Waals surface area (Å²) in [5, 5.41) is 7.89. The number of nitrogens with zero attached hydrogens (tertiary/aromatic N) is 1. The van der Waals surface area contributed by atoms with Gasteiger partial charge in [0, 0.05) is 18.2 Å². The maximum Gasteiger partial charge on any atom is 0.330 e. The third-order valence-electron chi connectivity index (χ3n) is 1.59. The van der Waals surface area contributed by atoms with Gasteiger partial charge in [-0.05, 0) is 27.9 Å². The van der Waals surface area contributed by atoms with Crippen LogP contribution in [-0.2, 0) is 4.79 Å². The summed E-state index contributed by atoms with van der Waals surface area (Å²) >= 11 is 0. The lowest BCUT2D eigenvalue weighted by Crippen LogP contribution is -2.31. The number of rotatable bonds is 3. The molecule has 0 fully saturated rings. The Hall–Kier alpha value is -0.870. The summed E-state index contributed by atoms with van der Waals surface area (Å²) in [4.78, 5) is 11.7. The number of hydrogen-bond donors (Lipinski definition) is 2. The van der Waals surface area contributed by atoms with E-state index in [-0.39, 0.29) is 5.57 Å². The largest absolute Gasteiger partial charge is 0.478 e. The fraction of sp³-hybridized carbons (Fsp3) is 0.667. The van der Waals surface area contributed by atoms with Crippen LogP contribution >= 0.6 is 0 Å². The summed E-state index contributed by atoms with van der Waals surface area (Å²) in [6.07, 6.45) is 0. The molecule has 13 heavy (non-hydrogen) atoms. The normalized spacial score (nSPS) is 11.5. The summed E-state index contributed by atoms with van der Waals surface area (Å²) in [6.45, 7) is 7.44. The lowest BCUT2D eigenvalue weighted by molar-refractivity contribution is -0.132. The quantitative estimate of drug-likeness (QED) is 0.634. The van der Waals surface area contributed by atoms with Crippen molar-refractivity contribution in [3.8, 4) is 0 Å². The monoisotopic (exact) mass is 188 g/mol. The standard InChI is InChI=1S/C5H14N2.C4H6O2/c1-5(4-6)7(2)3;1-3(2)4(5)6/h5H,4,6H2,1-3H3;1H2,2H3,(H,5,6). The van der Waals surface area contributed by atoms with Crippen molar-refractivity contribution in [1.82, 2.24) is 4.90 Å². The second-order valence-corrected chi connectivity index (χ2v) is 3.13. The number of carbonyl (C=O) groups is 1. The zero-order valence-electron chi connectivity index (χ0n) is 8.87. The maximum atomic E-state index is 9.60. The van der Waals surface area contributed by atoms with Gasteiger partial charge in [-0.2, -0.15) is 0 Å². The Kier molecular flexibility index (Phi) is 8.74. The van der Waals surface area contributed by atoms with Gasteiger partial charge in [0.25, 0.3) is 0 Å². The minimum absolute atomic E-state index is 0.176. The second-order valence-electron chi connectivity index (χ2n) is 3.13. The van der Waals surface area contributed by atoms with Gasteiger partial charge in [-0.25, -0.2) is 4.79 Å². The zero-order valence-corrected chi connectivity index (χ0v) is 8.87. The first-order chi connectivity index (χ1) is 5.82. The van der Waals surface area contributed by atoms with Gasteiger partial charge >= 0.3 is 5.97 Å². The van der Waals surface area contributed by atoms with Crippen molar-refractivity contribution in [2.45, 2.75) is 19.9 Å². The molecule has 4 heteroatoms. The van der Waals surface area contributed by atoms with Gasteiger partial charge in [0.05, 0.1) is 0 Å². The van der Waals surface area contributed by atoms with Gasteiger partial charge in [0.15, 0.2) is 0 Å². The van der Waals surface area contributed by atoms with Gasteiger partial charge in [-0.1, -0.05) is 6.58 Å². The number of hydrogen-bond acceptors (Lipinski definition) is 3. The molecule has 0 rings (SSSR count). The highest BCUT2D eigenvalue weighted by atomic mass is 16.4. The van der Waals surface area contributed by atoms with Gasteiger partial charge < -0.3 is 15.7 Å². The topological polar surface area (TPSA) is 66.6 Å². The van der Waals surface area contributed by atoms with Crippen LogP contribution < -0.4 is 5.73 Å². The number of carboxylic acid groups (broad SMARTS) is 1. The molecule has 0 amide bonds. The summed E-state index contributed by atoms with van der Waals surface area (Å²) in [6, 6.07) is 0.514. The first-order valence-electron chi connectivity index (χ1n) is 4.08. The summed E-state index contributed by atoms with van der Waals surface area (Å²) in [5.74, 6) is -0.935. The van der Waals surface area contributed by atoms with E-state index in [1.807, 2.05) is 14.1 Å². The summed E-state index contributed by atoms with van der Waals surface area (Å²) < 4.78 is 0. The number of likely N-dealkylation sites (N-methyl/N-ethyl adjacent to an activating group) is 1. The lowest BCUT2D eigenvalue weighted by Gasteiger charge is -2.16. The molecule has 78 valence electrons. The fourth-order valence-electron chi connectivity index (χ4n) is 0.211. The Bertz CT molecular complexity index is 155. The van der Waals surface area contributed by atoms with Crippen molar-refractivity contribution in [2.75, 3.05) is 20.6 Å². The molecule has 4 nitrogen and oxygen atoms in total. The molecule has 0 aliphatic rings. The van der Waals surface area contributed by atoms with Crippen LogP contribution in [0.5, 0.6) is 0 Å². The molecule has 0 saturated carbocycles. The van der Waals surface area contributed by atoms with Crippen molar-refractivity contribution in [2.24, 2.45) is 5.73 Å². The smallest absolute Gasteiger partial charge is 0.330 e. The van der Waals surface area contributed by atoms with E-state index in [0.29, 0.717) is 6.04 Å². The third-order valence-corrected chi connectivity index (χ3v) is 1.59. The molecule has 0 radical (unpaired) electrons. The SMILES string of the molecule is C=C(C)C(=O)O.CC(CN)N(C)C. The third kappa shape index (κ3) is 11.1. The molecular weight excluding hydrogens is 168 g/mol. The van der Waals surface area contributed by atoms with E-state index < -0.39 is 5.97 Å². The van der Waals surface area contributed by atoms with Crippen molar-refractivity contribution in [3.05, 3.63) is 12.2 Å². The van der Waals surface area contributed by atoms with Crippen molar-refractivity contribution >= 4 is 5.97 Å². The fourth-order valence-corrected chi connectivity index (χ4v) is 0.211. The first kappa shape index (κ1) is 14.6. The molecule has 0 aromatic heterocycles. The average Bonchev–Trinajstić information content (AvgIpc) is 2.03. The summed E-state index contributed by atoms with van der Waals surface area (Å²) in [7, 11) is 4.05. The van der Waals surface area contributed by atoms with E-state index >= 15 is 0 Å². The molecule has 0 aliphatic carbocycles. The number of nitrogens with two attached hydrogens (primary N) is 1. The highest BCUT2D eigenvalue weighted by molar-refractivity contribution is 5.84. The van der Waals surface area contributed by atoms with Crippen LogP contribution in [0.15, 0.2) is 12.2 Å². The predicted molar refractivity (Wildman–Crippen MR) is 54.7 cm³/mol. The number of aliphatic carboxylic acids is 1. The van der Waals surface area contributed by atoms with Gasteiger partial charge in [-0.3, -0.25) is 0 Å². The predicted octanol–water partition coefficient (Wildman–Crippen LogP) is 0.542. The molecule has 3 N–H and O–H groups in total. The Labute approximate surface area is 80.0 Å². The molecule has 0 heterocycles. The van der Waals surface area contributed by atoms with Crippen molar-refractivity contribution < 1.29 is 9.90 Å². The molecule has 0 bridgehead atoms. The van der Waals surface area contributed by atoms with Gasteiger partial charge in [-0.15, -0.1) is 0 Å². The first-order valence-corrected chi connectivity index (χ1v) is 4.08. The van der Waals surface area contributed by atoms with Crippen molar-refractivity contribution in [3.63, 3.8) is 0 Å². The Morgan fingerprint density at radius 2 is 1.92 bits per heavy atom. The molecule has 0 spiro atoms. The molecule has 1 atom stereocenters. The minimum atomic E-state index is -0.935. The molecule has 0 saturated heterocycles. The van der Waals surface area contributed by atoms with Crippen LogP contribution in [0.2, 0.25) is 0 Å². The van der Waals surface area contributed by atoms with Crippen molar-refractivity contribution in [1.29, 1.82) is 0 Å². The minimum Gasteiger partial charge on any atom is -0.478 e. The highest BCUT2D eigenvalue weighted by Crippen LogP contribution is 1.84. The van der Waals surface area contributed by atoms with Crippen LogP contribution in [0, 0.1) is 0 Å². The molecule has 0 aromatic rings. The Balaban J connectivity index is 0. The molecular formula is C9H20N2O2. The van der Waals surface area contributed by atoms with E-state index in [2.05, 4.69) is 18.4 Å². The maximum absolute atomic E-state index is 9.60. The van der Waals surface area contributed by atoms with Gasteiger partial charge in [0.1, 0.15) is 0 Å². The van der Waals surface area contributed by atoms with E-state index in [4.69, 9.17) is 10.8 Å². The van der Waals surface area contributed by atoms with Crippen LogP contribution in [0.4, 0.5) is 0 Å². The van der Waals surface area contributed by atoms with E-state index in [9.17, 15) is 4.79 Å². The Morgan fingerprint density at radius 3 is 1.92 bits per heavy atom. The van der Waals surface area contributed by atoms with Gasteiger partial charge in [0.2, 0.25) is 0 Å². The molecule has 1 unspecified atom stereocenters. The van der Waals surface area contributed by atoms with Crippen LogP contribution in [-0.4, -0.2) is 42.7 Å². The number of carboxylic acids is 1. The van der Waals surface area contributed by atoms with Crippen LogP contribution in [0.3, 0.4) is 0 Å². The lowest BCUT2D eigenvalue weighted by atomic mass is 10.3. The molecule has 0 aliphatic heterocycles. The van der Waals surface area contributed by atoms with E-state index in [1.165, 1.54) is 6.92 Å². The highest BCUT2D eigenvalue weighted by Gasteiger charge is 1.97. The molecule has 0 aromatic carbocycles. The van der Waals surface area contributed by atoms with Crippen LogP contribution in [0.1, 0.15) is 13.8 Å². The summed E-state index contributed by atoms with van der Waals surface area (Å²) in [5.41, 5.74) is 5.51. The van der Waals surface area contributed by atoms with E-state index in [0.717, 1.165) is 6.54 Å². The Morgan fingerprint density at radius 1 is 1.62 bits per heavy atom. The van der Waals surface area contributed by atoms with Crippen LogP contribution in [0.25, 0.3) is 0 Å². The average molecular weight is 188 g/mol. The second kappa shape index (κ2) is 7.76. The van der Waals surface area contributed by atoms with E-state index in [1.54, 1.807) is 0 Å². The zero-order chi connectivity index (χ0) is 11.0.